The predicted octanol–water partition coefficient (Wildman–Crippen LogP) is 3.05. The standard InChI is InChI=1S/C18H14N2O2/c19-15-5-6-17(20)16(9-15)18(22)14-4-3-12-7-11(10-21)1-2-13(12)8-14/h1-10H,19-20H2. The molecule has 0 saturated heterocycles. The van der Waals surface area contributed by atoms with Crippen LogP contribution in [-0.4, -0.2) is 12.1 Å². The van der Waals surface area contributed by atoms with Gasteiger partial charge in [0.1, 0.15) is 6.29 Å². The minimum atomic E-state index is -0.175. The van der Waals surface area contributed by atoms with Gasteiger partial charge in [-0.3, -0.25) is 9.59 Å². The Hall–Kier alpha value is -3.14. The van der Waals surface area contributed by atoms with Gasteiger partial charge in [-0.2, -0.15) is 0 Å². The first-order chi connectivity index (χ1) is 10.6. The molecule has 3 rings (SSSR count). The molecule has 0 atom stereocenters. The molecule has 0 fully saturated rings. The highest BCUT2D eigenvalue weighted by Gasteiger charge is 2.13. The molecule has 0 heterocycles. The molecule has 0 aliphatic rings. The normalized spacial score (nSPS) is 10.5. The summed E-state index contributed by atoms with van der Waals surface area (Å²) in [5.74, 6) is -0.175. The lowest BCUT2D eigenvalue weighted by molar-refractivity contribution is 0.103. The maximum atomic E-state index is 12.6. The van der Waals surface area contributed by atoms with Crippen LogP contribution < -0.4 is 11.5 Å². The smallest absolute Gasteiger partial charge is 0.195 e. The number of benzene rings is 3. The lowest BCUT2D eigenvalue weighted by atomic mass is 9.98. The van der Waals surface area contributed by atoms with Crippen LogP contribution >= 0.6 is 0 Å². The molecule has 0 unspecified atom stereocenters. The van der Waals surface area contributed by atoms with Crippen molar-refractivity contribution in [2.75, 3.05) is 11.5 Å². The molecule has 0 amide bonds. The number of carbonyl (C=O) groups is 2. The van der Waals surface area contributed by atoms with Gasteiger partial charge < -0.3 is 11.5 Å². The van der Waals surface area contributed by atoms with Gasteiger partial charge >= 0.3 is 0 Å². The van der Waals surface area contributed by atoms with Crippen molar-refractivity contribution in [2.24, 2.45) is 0 Å². The summed E-state index contributed by atoms with van der Waals surface area (Å²) < 4.78 is 0. The Morgan fingerprint density at radius 3 is 2.36 bits per heavy atom. The maximum absolute atomic E-state index is 12.6. The molecular weight excluding hydrogens is 276 g/mol. The summed E-state index contributed by atoms with van der Waals surface area (Å²) >= 11 is 0. The fourth-order valence-electron chi connectivity index (χ4n) is 2.40. The molecule has 0 aliphatic heterocycles. The van der Waals surface area contributed by atoms with Crippen molar-refractivity contribution in [3.63, 3.8) is 0 Å². The molecule has 0 spiro atoms. The van der Waals surface area contributed by atoms with Crippen LogP contribution in [0.15, 0.2) is 54.6 Å². The van der Waals surface area contributed by atoms with Gasteiger partial charge in [-0.15, -0.1) is 0 Å². The van der Waals surface area contributed by atoms with Crippen LogP contribution in [0.3, 0.4) is 0 Å². The van der Waals surface area contributed by atoms with E-state index < -0.39 is 0 Å². The summed E-state index contributed by atoms with van der Waals surface area (Å²) in [6.07, 6.45) is 0.798. The fourth-order valence-corrected chi connectivity index (χ4v) is 2.40. The van der Waals surface area contributed by atoms with Crippen LogP contribution in [0.1, 0.15) is 26.3 Å². The minimum Gasteiger partial charge on any atom is -0.399 e. The van der Waals surface area contributed by atoms with E-state index in [-0.39, 0.29) is 5.78 Å². The molecule has 3 aromatic carbocycles. The van der Waals surface area contributed by atoms with Gasteiger partial charge in [0.2, 0.25) is 0 Å². The van der Waals surface area contributed by atoms with Gasteiger partial charge in [0.05, 0.1) is 0 Å². The molecule has 0 aliphatic carbocycles. The Morgan fingerprint density at radius 2 is 1.59 bits per heavy atom. The van der Waals surface area contributed by atoms with E-state index in [1.807, 2.05) is 12.1 Å². The predicted molar refractivity (Wildman–Crippen MR) is 88.0 cm³/mol. The van der Waals surface area contributed by atoms with Crippen molar-refractivity contribution >= 4 is 34.2 Å². The minimum absolute atomic E-state index is 0.175. The zero-order valence-corrected chi connectivity index (χ0v) is 11.7. The number of ketones is 1. The van der Waals surface area contributed by atoms with E-state index in [2.05, 4.69) is 0 Å². The average molecular weight is 290 g/mol. The summed E-state index contributed by atoms with van der Waals surface area (Å²) in [6, 6.07) is 15.5. The number of rotatable bonds is 3. The van der Waals surface area contributed by atoms with Gasteiger partial charge in [0, 0.05) is 28.1 Å². The lowest BCUT2D eigenvalue weighted by Crippen LogP contribution is -2.06. The third kappa shape index (κ3) is 2.42. The number of aldehydes is 1. The molecule has 22 heavy (non-hydrogen) atoms. The summed E-state index contributed by atoms with van der Waals surface area (Å²) in [4.78, 5) is 23.4. The van der Waals surface area contributed by atoms with E-state index in [0.717, 1.165) is 17.1 Å². The van der Waals surface area contributed by atoms with Crippen LogP contribution in [-0.2, 0) is 0 Å². The fraction of sp³-hybridized carbons (Fsp3) is 0. The van der Waals surface area contributed by atoms with E-state index in [1.165, 1.54) is 0 Å². The highest BCUT2D eigenvalue weighted by molar-refractivity contribution is 6.13. The lowest BCUT2D eigenvalue weighted by Gasteiger charge is -2.07. The number of carbonyl (C=O) groups excluding carboxylic acids is 2. The summed E-state index contributed by atoms with van der Waals surface area (Å²) in [5, 5.41) is 1.79. The summed E-state index contributed by atoms with van der Waals surface area (Å²) in [5.41, 5.74) is 14.0. The molecule has 0 aromatic heterocycles. The molecule has 0 radical (unpaired) electrons. The highest BCUT2D eigenvalue weighted by Crippen LogP contribution is 2.23. The Bertz CT molecular complexity index is 901. The van der Waals surface area contributed by atoms with E-state index in [1.54, 1.807) is 42.5 Å². The Labute approximate surface area is 127 Å². The maximum Gasteiger partial charge on any atom is 0.195 e. The summed E-state index contributed by atoms with van der Waals surface area (Å²) in [7, 11) is 0. The van der Waals surface area contributed by atoms with Crippen LogP contribution in [0.25, 0.3) is 10.8 Å². The number of anilines is 2. The van der Waals surface area contributed by atoms with Gasteiger partial charge in [-0.1, -0.05) is 24.3 Å². The molecule has 4 N–H and O–H groups in total. The molecule has 108 valence electrons. The molecule has 0 bridgehead atoms. The third-order valence-corrected chi connectivity index (χ3v) is 3.58. The number of nitrogen functional groups attached to an aromatic ring is 2. The Balaban J connectivity index is 2.08. The Kier molecular flexibility index (Phi) is 3.35. The van der Waals surface area contributed by atoms with E-state index in [9.17, 15) is 9.59 Å². The number of fused-ring (bicyclic) bond motifs is 1. The SMILES string of the molecule is Nc1ccc(N)c(C(=O)c2ccc3cc(C=O)ccc3c2)c1. The number of nitrogens with two attached hydrogens (primary N) is 2. The second kappa shape index (κ2) is 5.33. The second-order valence-corrected chi connectivity index (χ2v) is 5.12. The first-order valence-corrected chi connectivity index (χ1v) is 6.77. The average Bonchev–Trinajstić information content (AvgIpc) is 2.55. The van der Waals surface area contributed by atoms with Crippen molar-refractivity contribution in [1.29, 1.82) is 0 Å². The largest absolute Gasteiger partial charge is 0.399 e. The van der Waals surface area contributed by atoms with Crippen LogP contribution in [0.2, 0.25) is 0 Å². The number of hydrogen-bond donors (Lipinski definition) is 2. The Morgan fingerprint density at radius 1 is 0.864 bits per heavy atom. The van der Waals surface area contributed by atoms with E-state index in [4.69, 9.17) is 11.5 Å². The third-order valence-electron chi connectivity index (χ3n) is 3.58. The first kappa shape index (κ1) is 13.8. The first-order valence-electron chi connectivity index (χ1n) is 6.77. The van der Waals surface area contributed by atoms with E-state index in [0.29, 0.717) is 28.1 Å². The molecule has 3 aromatic rings. The van der Waals surface area contributed by atoms with Crippen LogP contribution in [0.4, 0.5) is 11.4 Å². The topological polar surface area (TPSA) is 86.2 Å². The van der Waals surface area contributed by atoms with Gasteiger partial charge in [-0.05, 0) is 41.1 Å². The van der Waals surface area contributed by atoms with Crippen molar-refractivity contribution in [1.82, 2.24) is 0 Å². The van der Waals surface area contributed by atoms with Crippen LogP contribution in [0.5, 0.6) is 0 Å². The summed E-state index contributed by atoms with van der Waals surface area (Å²) in [6.45, 7) is 0. The van der Waals surface area contributed by atoms with Crippen molar-refractivity contribution in [3.8, 4) is 0 Å². The van der Waals surface area contributed by atoms with Crippen molar-refractivity contribution < 1.29 is 9.59 Å². The number of hydrogen-bond acceptors (Lipinski definition) is 4. The quantitative estimate of drug-likeness (QED) is 0.441. The monoisotopic (exact) mass is 290 g/mol. The van der Waals surface area contributed by atoms with Gasteiger partial charge in [0.25, 0.3) is 0 Å². The molecule has 4 heteroatoms. The van der Waals surface area contributed by atoms with Crippen LogP contribution in [0, 0.1) is 0 Å². The zero-order chi connectivity index (χ0) is 15.7. The van der Waals surface area contributed by atoms with E-state index >= 15 is 0 Å². The molecule has 0 saturated carbocycles. The van der Waals surface area contributed by atoms with Gasteiger partial charge in [-0.25, -0.2) is 0 Å². The molecule has 4 nitrogen and oxygen atoms in total. The zero-order valence-electron chi connectivity index (χ0n) is 11.7. The van der Waals surface area contributed by atoms with Gasteiger partial charge in [0.15, 0.2) is 5.78 Å². The molecular formula is C18H14N2O2. The second-order valence-electron chi connectivity index (χ2n) is 5.12. The van der Waals surface area contributed by atoms with Crippen molar-refractivity contribution in [2.45, 2.75) is 0 Å². The highest BCUT2D eigenvalue weighted by atomic mass is 16.1. The van der Waals surface area contributed by atoms with Crippen molar-refractivity contribution in [3.05, 3.63) is 71.3 Å².